The van der Waals surface area contributed by atoms with Gasteiger partial charge in [-0.15, -0.1) is 11.8 Å². The Morgan fingerprint density at radius 1 is 1.48 bits per heavy atom. The highest BCUT2D eigenvalue weighted by molar-refractivity contribution is 7.98. The number of carbonyl (C=O) groups is 1. The number of aliphatic hydroxyl groups is 1. The first kappa shape index (κ1) is 15.8. The van der Waals surface area contributed by atoms with Gasteiger partial charge in [0.05, 0.1) is 18.3 Å². The van der Waals surface area contributed by atoms with Crippen LogP contribution in [0.15, 0.2) is 41.6 Å². The molecule has 2 N–H and O–H groups in total. The molecule has 0 aliphatic carbocycles. The maximum absolute atomic E-state index is 12.3. The standard InChI is InChI=1S/C17H18N2O3S/c1-23-17-13(3-2-7-18-17)16(21)19-10-14(20)11-4-5-15-12(9-11)6-8-22-15/h2-5,7,9,14,20H,6,8,10H2,1H3,(H,19,21). The van der Waals surface area contributed by atoms with E-state index in [9.17, 15) is 9.90 Å². The predicted octanol–water partition coefficient (Wildman–Crippen LogP) is 2.20. The van der Waals surface area contributed by atoms with Crippen molar-refractivity contribution in [3.63, 3.8) is 0 Å². The van der Waals surface area contributed by atoms with Crippen molar-refractivity contribution in [3.8, 4) is 5.75 Å². The summed E-state index contributed by atoms with van der Waals surface area (Å²) in [5, 5.41) is 13.7. The third kappa shape index (κ3) is 3.48. The number of aromatic nitrogens is 1. The van der Waals surface area contributed by atoms with Gasteiger partial charge < -0.3 is 15.2 Å². The molecule has 2 aromatic rings. The van der Waals surface area contributed by atoms with Crippen LogP contribution < -0.4 is 10.1 Å². The number of carbonyl (C=O) groups excluding carboxylic acids is 1. The van der Waals surface area contributed by atoms with E-state index in [1.165, 1.54) is 11.8 Å². The van der Waals surface area contributed by atoms with Crippen molar-refractivity contribution in [2.24, 2.45) is 0 Å². The molecule has 0 fully saturated rings. The van der Waals surface area contributed by atoms with Gasteiger partial charge in [-0.2, -0.15) is 0 Å². The summed E-state index contributed by atoms with van der Waals surface area (Å²) in [7, 11) is 0. The topological polar surface area (TPSA) is 71.5 Å². The summed E-state index contributed by atoms with van der Waals surface area (Å²) in [5.74, 6) is 0.649. The summed E-state index contributed by atoms with van der Waals surface area (Å²) in [5.41, 5.74) is 2.41. The number of thioether (sulfide) groups is 1. The number of hydrogen-bond donors (Lipinski definition) is 2. The number of nitrogens with one attached hydrogen (secondary N) is 1. The summed E-state index contributed by atoms with van der Waals surface area (Å²) >= 11 is 1.42. The number of aliphatic hydroxyl groups excluding tert-OH is 1. The number of hydrogen-bond acceptors (Lipinski definition) is 5. The summed E-state index contributed by atoms with van der Waals surface area (Å²) in [6.45, 7) is 0.839. The number of benzene rings is 1. The first-order valence-corrected chi connectivity index (χ1v) is 8.62. The smallest absolute Gasteiger partial charge is 0.254 e. The Hall–Kier alpha value is -2.05. The molecular formula is C17H18N2O3S. The van der Waals surface area contributed by atoms with Gasteiger partial charge in [-0.25, -0.2) is 4.98 Å². The van der Waals surface area contributed by atoms with Gasteiger partial charge in [-0.1, -0.05) is 6.07 Å². The summed E-state index contributed by atoms with van der Waals surface area (Å²) in [6.07, 6.45) is 3.64. The SMILES string of the molecule is CSc1ncccc1C(=O)NCC(O)c1ccc2c(c1)CCO2. The molecule has 5 nitrogen and oxygen atoms in total. The number of pyridine rings is 1. The van der Waals surface area contributed by atoms with Gasteiger partial charge >= 0.3 is 0 Å². The molecule has 120 valence electrons. The van der Waals surface area contributed by atoms with Crippen LogP contribution in [-0.2, 0) is 6.42 Å². The average molecular weight is 330 g/mol. The quantitative estimate of drug-likeness (QED) is 0.823. The van der Waals surface area contributed by atoms with Gasteiger partial charge in [0.1, 0.15) is 10.8 Å². The van der Waals surface area contributed by atoms with Crippen molar-refractivity contribution in [1.29, 1.82) is 0 Å². The molecule has 1 aromatic carbocycles. The monoisotopic (exact) mass is 330 g/mol. The van der Waals surface area contributed by atoms with Crippen molar-refractivity contribution in [2.45, 2.75) is 17.6 Å². The number of amides is 1. The minimum atomic E-state index is -0.751. The van der Waals surface area contributed by atoms with Crippen LogP contribution in [0.4, 0.5) is 0 Å². The summed E-state index contributed by atoms with van der Waals surface area (Å²) in [6, 6.07) is 9.10. The summed E-state index contributed by atoms with van der Waals surface area (Å²) < 4.78 is 5.45. The number of ether oxygens (including phenoxy) is 1. The molecule has 1 unspecified atom stereocenters. The lowest BCUT2D eigenvalue weighted by atomic mass is 10.0. The third-order valence-corrected chi connectivity index (χ3v) is 4.48. The largest absolute Gasteiger partial charge is 0.493 e. The first-order chi connectivity index (χ1) is 11.2. The Morgan fingerprint density at radius 2 is 2.35 bits per heavy atom. The van der Waals surface area contributed by atoms with Crippen molar-refractivity contribution in [1.82, 2.24) is 10.3 Å². The number of rotatable bonds is 5. The minimum Gasteiger partial charge on any atom is -0.493 e. The third-order valence-electron chi connectivity index (χ3n) is 3.76. The van der Waals surface area contributed by atoms with E-state index < -0.39 is 6.10 Å². The molecule has 23 heavy (non-hydrogen) atoms. The van der Waals surface area contributed by atoms with Crippen LogP contribution in [0, 0.1) is 0 Å². The maximum Gasteiger partial charge on any atom is 0.254 e. The van der Waals surface area contributed by atoms with E-state index in [4.69, 9.17) is 4.74 Å². The first-order valence-electron chi connectivity index (χ1n) is 7.40. The number of nitrogens with zero attached hydrogens (tertiary/aromatic N) is 1. The molecule has 1 atom stereocenters. The van der Waals surface area contributed by atoms with Crippen LogP contribution in [-0.4, -0.2) is 35.4 Å². The van der Waals surface area contributed by atoms with Gasteiger partial charge in [-0.05, 0) is 41.6 Å². The molecule has 0 spiro atoms. The van der Waals surface area contributed by atoms with E-state index in [0.29, 0.717) is 17.2 Å². The van der Waals surface area contributed by atoms with Crippen molar-refractivity contribution >= 4 is 17.7 Å². The molecule has 1 aliphatic heterocycles. The fourth-order valence-corrected chi connectivity index (χ4v) is 3.09. The minimum absolute atomic E-state index is 0.154. The Bertz CT molecular complexity index is 721. The molecule has 0 saturated heterocycles. The molecule has 1 amide bonds. The highest BCUT2D eigenvalue weighted by Crippen LogP contribution is 2.28. The van der Waals surface area contributed by atoms with E-state index in [2.05, 4.69) is 10.3 Å². The lowest BCUT2D eigenvalue weighted by Crippen LogP contribution is -2.29. The highest BCUT2D eigenvalue weighted by Gasteiger charge is 2.17. The zero-order valence-electron chi connectivity index (χ0n) is 12.8. The van der Waals surface area contributed by atoms with Gasteiger partial charge in [-0.3, -0.25) is 4.79 Å². The van der Waals surface area contributed by atoms with Crippen molar-refractivity contribution < 1.29 is 14.6 Å². The van der Waals surface area contributed by atoms with Crippen LogP contribution in [0.3, 0.4) is 0 Å². The van der Waals surface area contributed by atoms with E-state index in [0.717, 1.165) is 23.3 Å². The zero-order valence-corrected chi connectivity index (χ0v) is 13.6. The lowest BCUT2D eigenvalue weighted by molar-refractivity contribution is 0.0912. The fourth-order valence-electron chi connectivity index (χ4n) is 2.54. The fraction of sp³-hybridized carbons (Fsp3) is 0.294. The second-order valence-corrected chi connectivity index (χ2v) is 6.05. The van der Waals surface area contributed by atoms with Crippen molar-refractivity contribution in [3.05, 3.63) is 53.2 Å². The van der Waals surface area contributed by atoms with E-state index >= 15 is 0 Å². The average Bonchev–Trinajstić information content (AvgIpc) is 3.06. The lowest BCUT2D eigenvalue weighted by Gasteiger charge is -2.14. The molecular weight excluding hydrogens is 312 g/mol. The Kier molecular flexibility index (Phi) is 4.83. The van der Waals surface area contributed by atoms with E-state index in [1.54, 1.807) is 18.3 Å². The van der Waals surface area contributed by atoms with Crippen LogP contribution >= 0.6 is 11.8 Å². The molecule has 3 rings (SSSR count). The molecule has 0 saturated carbocycles. The molecule has 0 radical (unpaired) electrons. The normalized spacial score (nSPS) is 14.0. The van der Waals surface area contributed by atoms with E-state index in [1.807, 2.05) is 24.5 Å². The van der Waals surface area contributed by atoms with Gasteiger partial charge in [0.25, 0.3) is 5.91 Å². The molecule has 1 aliphatic rings. The van der Waals surface area contributed by atoms with Crippen LogP contribution in [0.2, 0.25) is 0 Å². The van der Waals surface area contributed by atoms with Gasteiger partial charge in [0.2, 0.25) is 0 Å². The maximum atomic E-state index is 12.3. The molecule has 2 heterocycles. The Morgan fingerprint density at radius 3 is 3.17 bits per heavy atom. The van der Waals surface area contributed by atoms with Crippen LogP contribution in [0.1, 0.15) is 27.6 Å². The Labute approximate surface area is 139 Å². The van der Waals surface area contributed by atoms with Gasteiger partial charge in [0, 0.05) is 19.2 Å². The Balaban J connectivity index is 1.64. The second kappa shape index (κ2) is 7.02. The summed E-state index contributed by atoms with van der Waals surface area (Å²) in [4.78, 5) is 16.4. The zero-order chi connectivity index (χ0) is 16.2. The predicted molar refractivity (Wildman–Crippen MR) is 89.0 cm³/mol. The van der Waals surface area contributed by atoms with E-state index in [-0.39, 0.29) is 12.5 Å². The van der Waals surface area contributed by atoms with Gasteiger partial charge in [0.15, 0.2) is 0 Å². The highest BCUT2D eigenvalue weighted by atomic mass is 32.2. The number of fused-ring (bicyclic) bond motifs is 1. The molecule has 1 aromatic heterocycles. The van der Waals surface area contributed by atoms with Crippen molar-refractivity contribution in [2.75, 3.05) is 19.4 Å². The second-order valence-electron chi connectivity index (χ2n) is 5.25. The van der Waals surface area contributed by atoms with Crippen LogP contribution in [0.25, 0.3) is 0 Å². The molecule has 0 bridgehead atoms. The molecule has 6 heteroatoms. The van der Waals surface area contributed by atoms with Crippen LogP contribution in [0.5, 0.6) is 5.75 Å².